The molecule has 5 rings (SSSR count). The Bertz CT molecular complexity index is 1050. The smallest absolute Gasteiger partial charge is 0.279 e. The van der Waals surface area contributed by atoms with Crippen molar-refractivity contribution in [1.82, 2.24) is 15.2 Å². The molecule has 1 aromatic heterocycles. The standard InChI is InChI=1S/C24H27N3O2S/c1-15-4-3-5-22-23(15)26-24(30-22)29-21-10-6-17(7-11-21)14-27-19-8-9-20(27)13-18(12-19)25-16(2)28/h3-7,10-11,18-20H,8-9,12-14H2,1-2H3,(H,25,28)/t19-,20-/m1/s1. The first kappa shape index (κ1) is 19.5. The number of ether oxygens (including phenoxy) is 1. The summed E-state index contributed by atoms with van der Waals surface area (Å²) >= 11 is 1.58. The van der Waals surface area contributed by atoms with Gasteiger partial charge in [-0.3, -0.25) is 9.69 Å². The molecule has 3 heterocycles. The van der Waals surface area contributed by atoms with Crippen LogP contribution in [0.15, 0.2) is 42.5 Å². The van der Waals surface area contributed by atoms with E-state index in [0.29, 0.717) is 23.3 Å². The van der Waals surface area contributed by atoms with Gasteiger partial charge in [0.2, 0.25) is 5.91 Å². The van der Waals surface area contributed by atoms with Crippen LogP contribution in [-0.4, -0.2) is 33.9 Å². The number of nitrogens with one attached hydrogen (secondary N) is 1. The second-order valence-corrected chi connectivity index (χ2v) is 9.57. The Morgan fingerprint density at radius 2 is 1.90 bits per heavy atom. The molecule has 0 saturated carbocycles. The zero-order valence-electron chi connectivity index (χ0n) is 17.4. The molecule has 2 fully saturated rings. The number of aryl methyl sites for hydroxylation is 1. The second-order valence-electron chi connectivity index (χ2n) is 8.57. The molecule has 2 saturated heterocycles. The molecule has 0 radical (unpaired) electrons. The van der Waals surface area contributed by atoms with E-state index in [4.69, 9.17) is 4.74 Å². The van der Waals surface area contributed by atoms with Gasteiger partial charge in [0, 0.05) is 31.6 Å². The van der Waals surface area contributed by atoms with Crippen molar-refractivity contribution in [2.75, 3.05) is 0 Å². The van der Waals surface area contributed by atoms with Gasteiger partial charge in [-0.05, 0) is 61.9 Å². The van der Waals surface area contributed by atoms with Gasteiger partial charge in [-0.2, -0.15) is 0 Å². The lowest BCUT2D eigenvalue weighted by molar-refractivity contribution is -0.120. The number of fused-ring (bicyclic) bond motifs is 3. The lowest BCUT2D eigenvalue weighted by atomic mass is 9.96. The number of hydrogen-bond acceptors (Lipinski definition) is 5. The predicted molar refractivity (Wildman–Crippen MR) is 120 cm³/mol. The van der Waals surface area contributed by atoms with E-state index in [1.807, 2.05) is 12.1 Å². The highest BCUT2D eigenvalue weighted by atomic mass is 32.1. The van der Waals surface area contributed by atoms with Gasteiger partial charge in [0.1, 0.15) is 5.75 Å². The summed E-state index contributed by atoms with van der Waals surface area (Å²) < 4.78 is 7.18. The summed E-state index contributed by atoms with van der Waals surface area (Å²) in [6.45, 7) is 4.66. The molecule has 2 aliphatic rings. The van der Waals surface area contributed by atoms with Crippen LogP contribution < -0.4 is 10.1 Å². The van der Waals surface area contributed by atoms with Gasteiger partial charge >= 0.3 is 0 Å². The van der Waals surface area contributed by atoms with E-state index >= 15 is 0 Å². The maximum absolute atomic E-state index is 11.4. The van der Waals surface area contributed by atoms with E-state index in [0.717, 1.165) is 35.4 Å². The van der Waals surface area contributed by atoms with Gasteiger partial charge in [-0.1, -0.05) is 35.6 Å². The summed E-state index contributed by atoms with van der Waals surface area (Å²) in [5.41, 5.74) is 3.50. The summed E-state index contributed by atoms with van der Waals surface area (Å²) in [5.74, 6) is 0.912. The van der Waals surface area contributed by atoms with E-state index < -0.39 is 0 Å². The van der Waals surface area contributed by atoms with E-state index in [1.165, 1.54) is 24.0 Å². The second kappa shape index (κ2) is 8.00. The highest BCUT2D eigenvalue weighted by Crippen LogP contribution is 2.37. The topological polar surface area (TPSA) is 54.5 Å². The first-order valence-electron chi connectivity index (χ1n) is 10.7. The molecular weight excluding hydrogens is 394 g/mol. The van der Waals surface area contributed by atoms with Crippen LogP contribution in [0.5, 0.6) is 10.9 Å². The molecule has 6 heteroatoms. The summed E-state index contributed by atoms with van der Waals surface area (Å²) in [7, 11) is 0. The first-order chi connectivity index (χ1) is 14.5. The fourth-order valence-electron chi connectivity index (χ4n) is 5.02. The van der Waals surface area contributed by atoms with Crippen LogP contribution >= 0.6 is 11.3 Å². The van der Waals surface area contributed by atoms with Crippen LogP contribution in [0.3, 0.4) is 0 Å². The predicted octanol–water partition coefficient (Wildman–Crippen LogP) is 5.03. The minimum Gasteiger partial charge on any atom is -0.431 e. The largest absolute Gasteiger partial charge is 0.431 e. The summed E-state index contributed by atoms with van der Waals surface area (Å²) in [6, 6.07) is 16.1. The quantitative estimate of drug-likeness (QED) is 0.628. The molecule has 0 unspecified atom stereocenters. The zero-order valence-corrected chi connectivity index (χ0v) is 18.2. The van der Waals surface area contributed by atoms with Crippen molar-refractivity contribution in [3.05, 3.63) is 53.6 Å². The molecule has 30 heavy (non-hydrogen) atoms. The van der Waals surface area contributed by atoms with Crippen LogP contribution in [-0.2, 0) is 11.3 Å². The molecule has 0 spiro atoms. The Labute approximate surface area is 181 Å². The van der Waals surface area contributed by atoms with Gasteiger partial charge in [-0.25, -0.2) is 4.98 Å². The molecule has 156 valence electrons. The summed E-state index contributed by atoms with van der Waals surface area (Å²) in [5, 5.41) is 3.81. The number of carbonyl (C=O) groups is 1. The van der Waals surface area contributed by atoms with Crippen molar-refractivity contribution in [3.8, 4) is 10.9 Å². The van der Waals surface area contributed by atoms with E-state index in [-0.39, 0.29) is 5.91 Å². The minimum atomic E-state index is 0.0896. The van der Waals surface area contributed by atoms with Gasteiger partial charge in [-0.15, -0.1) is 0 Å². The van der Waals surface area contributed by atoms with Crippen molar-refractivity contribution in [2.45, 2.75) is 64.2 Å². The monoisotopic (exact) mass is 421 g/mol. The van der Waals surface area contributed by atoms with Crippen LogP contribution in [0.1, 0.15) is 43.7 Å². The molecule has 2 atom stereocenters. The van der Waals surface area contributed by atoms with Crippen molar-refractivity contribution < 1.29 is 9.53 Å². The number of hydrogen-bond donors (Lipinski definition) is 1. The average Bonchev–Trinajstić information content (AvgIpc) is 3.21. The number of aromatic nitrogens is 1. The van der Waals surface area contributed by atoms with Gasteiger partial charge in [0.05, 0.1) is 10.2 Å². The Balaban J connectivity index is 1.23. The average molecular weight is 422 g/mol. The third-order valence-electron chi connectivity index (χ3n) is 6.39. The molecule has 5 nitrogen and oxygen atoms in total. The highest BCUT2D eigenvalue weighted by molar-refractivity contribution is 7.20. The number of carbonyl (C=O) groups excluding carboxylic acids is 1. The maximum atomic E-state index is 11.4. The van der Waals surface area contributed by atoms with E-state index in [1.54, 1.807) is 18.3 Å². The van der Waals surface area contributed by atoms with Gasteiger partial charge in [0.15, 0.2) is 0 Å². The van der Waals surface area contributed by atoms with Gasteiger partial charge < -0.3 is 10.1 Å². The van der Waals surface area contributed by atoms with E-state index in [2.05, 4.69) is 52.5 Å². The van der Waals surface area contributed by atoms with Crippen LogP contribution in [0.25, 0.3) is 10.2 Å². The Hall–Kier alpha value is -2.44. The third kappa shape index (κ3) is 3.94. The molecule has 2 aliphatic heterocycles. The Kier molecular flexibility index (Phi) is 5.21. The number of piperidine rings is 1. The van der Waals surface area contributed by atoms with Crippen molar-refractivity contribution in [2.24, 2.45) is 0 Å². The zero-order chi connectivity index (χ0) is 20.7. The van der Waals surface area contributed by atoms with Crippen molar-refractivity contribution >= 4 is 27.5 Å². The maximum Gasteiger partial charge on any atom is 0.279 e. The number of amides is 1. The highest BCUT2D eigenvalue weighted by Gasteiger charge is 2.40. The first-order valence-corrected chi connectivity index (χ1v) is 11.5. The Morgan fingerprint density at radius 1 is 1.17 bits per heavy atom. The lowest BCUT2D eigenvalue weighted by Crippen LogP contribution is -2.49. The fraction of sp³-hybridized carbons (Fsp3) is 0.417. The van der Waals surface area contributed by atoms with Crippen molar-refractivity contribution in [1.29, 1.82) is 0 Å². The molecule has 3 aromatic rings. The summed E-state index contributed by atoms with van der Waals surface area (Å²) in [4.78, 5) is 18.7. The fourth-order valence-corrected chi connectivity index (χ4v) is 5.93. The number of benzene rings is 2. The molecule has 0 aliphatic carbocycles. The number of rotatable bonds is 5. The number of thiazole rings is 1. The normalized spacial score (nSPS) is 23.6. The Morgan fingerprint density at radius 3 is 2.57 bits per heavy atom. The molecule has 1 amide bonds. The van der Waals surface area contributed by atoms with Crippen molar-refractivity contribution in [3.63, 3.8) is 0 Å². The van der Waals surface area contributed by atoms with Crippen LogP contribution in [0.4, 0.5) is 0 Å². The number of nitrogens with zero attached hydrogens (tertiary/aromatic N) is 2. The van der Waals surface area contributed by atoms with Gasteiger partial charge in [0.25, 0.3) is 5.19 Å². The van der Waals surface area contributed by atoms with E-state index in [9.17, 15) is 4.79 Å². The molecule has 2 aromatic carbocycles. The SMILES string of the molecule is CC(=O)NC1C[C@H]2CC[C@H](C1)N2Cc1ccc(Oc2nc3c(C)cccc3s2)cc1. The van der Waals surface area contributed by atoms with Crippen LogP contribution in [0.2, 0.25) is 0 Å². The number of para-hydroxylation sites is 1. The summed E-state index contributed by atoms with van der Waals surface area (Å²) in [6.07, 6.45) is 4.60. The molecule has 1 N–H and O–H groups in total. The molecule has 2 bridgehead atoms. The van der Waals surface area contributed by atoms with Crippen LogP contribution in [0, 0.1) is 6.92 Å². The minimum absolute atomic E-state index is 0.0896. The molecular formula is C24H27N3O2S. The third-order valence-corrected chi connectivity index (χ3v) is 7.29. The lowest BCUT2D eigenvalue weighted by Gasteiger charge is -2.39.